The van der Waals surface area contributed by atoms with Gasteiger partial charge in [0.05, 0.1) is 31.3 Å². The maximum Gasteiger partial charge on any atom is 0.259 e. The Morgan fingerprint density at radius 3 is 2.30 bits per heavy atom. The molecule has 1 unspecified atom stereocenters. The molecule has 46 heavy (non-hydrogen) atoms. The molecule has 2 aromatic carbocycles. The Morgan fingerprint density at radius 2 is 1.72 bits per heavy atom. The van der Waals surface area contributed by atoms with Gasteiger partial charge in [-0.1, -0.05) is 25.1 Å². The molecule has 2 aliphatic rings. The summed E-state index contributed by atoms with van der Waals surface area (Å²) in [7, 11) is 5.14. The molecule has 4 heterocycles. The summed E-state index contributed by atoms with van der Waals surface area (Å²) in [6.45, 7) is 7.91. The van der Waals surface area contributed by atoms with E-state index in [1.165, 1.54) is 5.56 Å². The first-order valence-corrected chi connectivity index (χ1v) is 16.3. The second-order valence-electron chi connectivity index (χ2n) is 12.6. The fourth-order valence-electron chi connectivity index (χ4n) is 6.89. The minimum atomic E-state index is -0.639. The number of hydrogen-bond donors (Lipinski definition) is 1. The molecule has 9 heteroatoms. The van der Waals surface area contributed by atoms with E-state index in [4.69, 9.17) is 9.47 Å². The monoisotopic (exact) mass is 624 g/mol. The molecule has 4 aromatic rings. The molecule has 0 bridgehead atoms. The molecule has 0 saturated carbocycles. The smallest absolute Gasteiger partial charge is 0.259 e. The molecule has 9 nitrogen and oxygen atoms in total. The van der Waals surface area contributed by atoms with Crippen molar-refractivity contribution in [3.63, 3.8) is 0 Å². The molecule has 0 aliphatic carbocycles. The molecule has 0 spiro atoms. The molecule has 0 radical (unpaired) electrons. The number of Topliss-reactive ketones (excluding diaryl/α,β-unsaturated/α-hetero) is 1. The van der Waals surface area contributed by atoms with Crippen LogP contribution in [0.4, 0.5) is 5.82 Å². The van der Waals surface area contributed by atoms with E-state index < -0.39 is 6.10 Å². The van der Waals surface area contributed by atoms with Crippen molar-refractivity contribution in [3.8, 4) is 22.6 Å². The van der Waals surface area contributed by atoms with Crippen LogP contribution in [0.25, 0.3) is 21.9 Å². The molecule has 2 fully saturated rings. The Labute approximate surface area is 270 Å². The number of rotatable bonds is 10. The van der Waals surface area contributed by atoms with Crippen LogP contribution in [0.15, 0.2) is 53.6 Å². The fourth-order valence-corrected chi connectivity index (χ4v) is 6.89. The summed E-state index contributed by atoms with van der Waals surface area (Å²) < 4.78 is 13.5. The van der Waals surface area contributed by atoms with E-state index in [1.807, 2.05) is 43.5 Å². The highest BCUT2D eigenvalue weighted by Crippen LogP contribution is 2.40. The normalized spacial score (nSPS) is 16.3. The van der Waals surface area contributed by atoms with Crippen LogP contribution < -0.4 is 19.9 Å². The van der Waals surface area contributed by atoms with Gasteiger partial charge in [0.15, 0.2) is 5.78 Å². The summed E-state index contributed by atoms with van der Waals surface area (Å²) in [5.74, 6) is 2.72. The first-order valence-electron chi connectivity index (χ1n) is 16.3. The number of piperidine rings is 1. The van der Waals surface area contributed by atoms with Crippen molar-refractivity contribution in [2.75, 3.05) is 45.3 Å². The minimum absolute atomic E-state index is 0.0179. The van der Waals surface area contributed by atoms with Gasteiger partial charge in [-0.15, -0.1) is 0 Å². The van der Waals surface area contributed by atoms with Crippen molar-refractivity contribution in [2.45, 2.75) is 58.1 Å². The number of pyridine rings is 2. The molecule has 2 aromatic heterocycles. The number of benzene rings is 2. The van der Waals surface area contributed by atoms with Crippen LogP contribution in [0.1, 0.15) is 78.6 Å². The number of carbonyl (C=O) groups excluding carboxylic acids is 1. The Balaban J connectivity index is 1.26. The number of ether oxygens (including phenoxy) is 2. The second kappa shape index (κ2) is 13.3. The van der Waals surface area contributed by atoms with Gasteiger partial charge in [0.1, 0.15) is 17.3 Å². The standard InChI is InChI=1S/C37H44N4O5/c1-6-33(43)29-16-25(8-9-27(29)23(2)42)24-10-14-40(15-11-24)22-32-34(45-4)17-26(18-35(32)46-5)31-21-39(3)37(44)30-20-38-36(19-28(30)31)41-12-7-13-41/h8-9,16-21,24,33,43H,6-7,10-15,22H2,1-5H3. The van der Waals surface area contributed by atoms with E-state index in [1.54, 1.807) is 39.0 Å². The van der Waals surface area contributed by atoms with E-state index in [-0.39, 0.29) is 11.3 Å². The van der Waals surface area contributed by atoms with Gasteiger partial charge < -0.3 is 24.0 Å². The molecule has 6 rings (SSSR count). The predicted octanol–water partition coefficient (Wildman–Crippen LogP) is 5.85. The average molecular weight is 625 g/mol. The average Bonchev–Trinajstić information content (AvgIpc) is 3.05. The number of anilines is 1. The zero-order chi connectivity index (χ0) is 32.5. The minimum Gasteiger partial charge on any atom is -0.496 e. The molecule has 0 amide bonds. The lowest BCUT2D eigenvalue weighted by Crippen LogP contribution is -2.37. The summed E-state index contributed by atoms with van der Waals surface area (Å²) in [5, 5.41) is 12.0. The number of aliphatic hydroxyl groups excluding tert-OH is 1. The number of fused-ring (bicyclic) bond motifs is 1. The summed E-state index contributed by atoms with van der Waals surface area (Å²) >= 11 is 0. The van der Waals surface area contributed by atoms with Crippen molar-refractivity contribution in [3.05, 3.63) is 81.4 Å². The Hall–Kier alpha value is -4.21. The summed E-state index contributed by atoms with van der Waals surface area (Å²) in [4.78, 5) is 34.5. The Morgan fingerprint density at radius 1 is 1.02 bits per heavy atom. The zero-order valence-corrected chi connectivity index (χ0v) is 27.5. The number of aryl methyl sites for hydroxylation is 1. The van der Waals surface area contributed by atoms with Crippen LogP contribution in [0.3, 0.4) is 0 Å². The maximum absolute atomic E-state index is 13.0. The molecule has 2 aliphatic heterocycles. The fraction of sp³-hybridized carbons (Fsp3) is 0.432. The van der Waals surface area contributed by atoms with Crippen molar-refractivity contribution in [1.82, 2.24) is 14.5 Å². The van der Waals surface area contributed by atoms with E-state index in [0.29, 0.717) is 29.8 Å². The van der Waals surface area contributed by atoms with E-state index in [0.717, 1.165) is 90.4 Å². The first kappa shape index (κ1) is 31.8. The topological polar surface area (TPSA) is 97.1 Å². The summed E-state index contributed by atoms with van der Waals surface area (Å²) in [6.07, 6.45) is 6.61. The Kier molecular flexibility index (Phi) is 9.15. The van der Waals surface area contributed by atoms with Gasteiger partial charge >= 0.3 is 0 Å². The molecule has 2 saturated heterocycles. The van der Waals surface area contributed by atoms with Gasteiger partial charge in [0, 0.05) is 55.6 Å². The Bertz CT molecular complexity index is 1800. The van der Waals surface area contributed by atoms with Crippen LogP contribution in [-0.4, -0.2) is 65.7 Å². The van der Waals surface area contributed by atoms with E-state index in [9.17, 15) is 14.7 Å². The lowest BCUT2D eigenvalue weighted by atomic mass is 9.85. The quantitative estimate of drug-likeness (QED) is 0.220. The van der Waals surface area contributed by atoms with Crippen molar-refractivity contribution in [1.29, 1.82) is 0 Å². The lowest BCUT2D eigenvalue weighted by molar-refractivity contribution is 0.100. The largest absolute Gasteiger partial charge is 0.496 e. The third-order valence-electron chi connectivity index (χ3n) is 9.79. The van der Waals surface area contributed by atoms with Gasteiger partial charge in [0.2, 0.25) is 0 Å². The highest BCUT2D eigenvalue weighted by atomic mass is 16.5. The van der Waals surface area contributed by atoms with Gasteiger partial charge in [-0.2, -0.15) is 0 Å². The van der Waals surface area contributed by atoms with Crippen molar-refractivity contribution >= 4 is 22.4 Å². The molecular formula is C37H44N4O5. The third-order valence-corrected chi connectivity index (χ3v) is 9.79. The number of aromatic nitrogens is 2. The molecule has 1 N–H and O–H groups in total. The van der Waals surface area contributed by atoms with Gasteiger partial charge in [0.25, 0.3) is 5.56 Å². The first-order chi connectivity index (χ1) is 22.2. The van der Waals surface area contributed by atoms with Crippen molar-refractivity contribution < 1.29 is 19.4 Å². The van der Waals surface area contributed by atoms with Crippen LogP contribution in [0, 0.1) is 0 Å². The molecule has 1 atom stereocenters. The number of methoxy groups -OCH3 is 2. The van der Waals surface area contributed by atoms with Crippen LogP contribution in [-0.2, 0) is 13.6 Å². The van der Waals surface area contributed by atoms with Crippen LogP contribution in [0.5, 0.6) is 11.5 Å². The summed E-state index contributed by atoms with van der Waals surface area (Å²) in [5.41, 5.74) is 5.28. The SMILES string of the molecule is CCC(O)c1cc(C2CCN(Cc3c(OC)cc(-c4cn(C)c(=O)c5cnc(N6CCC6)cc45)cc3OC)CC2)ccc1C(C)=O. The number of carbonyl (C=O) groups is 1. The predicted molar refractivity (Wildman–Crippen MR) is 181 cm³/mol. The number of likely N-dealkylation sites (tertiary alicyclic amines) is 1. The number of ketones is 1. The van der Waals surface area contributed by atoms with Gasteiger partial charge in [-0.25, -0.2) is 4.98 Å². The van der Waals surface area contributed by atoms with E-state index in [2.05, 4.69) is 20.9 Å². The van der Waals surface area contributed by atoms with Gasteiger partial charge in [-0.3, -0.25) is 14.5 Å². The van der Waals surface area contributed by atoms with Crippen LogP contribution >= 0.6 is 0 Å². The highest BCUT2D eigenvalue weighted by Gasteiger charge is 2.26. The van der Waals surface area contributed by atoms with Crippen molar-refractivity contribution in [2.24, 2.45) is 7.05 Å². The molecule has 242 valence electrons. The molecular weight excluding hydrogens is 580 g/mol. The van der Waals surface area contributed by atoms with Crippen LogP contribution in [0.2, 0.25) is 0 Å². The lowest BCUT2D eigenvalue weighted by Gasteiger charge is -2.33. The summed E-state index contributed by atoms with van der Waals surface area (Å²) in [6, 6.07) is 12.1. The third kappa shape index (κ3) is 6.01. The maximum atomic E-state index is 13.0. The van der Waals surface area contributed by atoms with E-state index >= 15 is 0 Å². The number of nitrogens with zero attached hydrogens (tertiary/aromatic N) is 4. The number of aliphatic hydroxyl groups is 1. The number of hydrogen-bond acceptors (Lipinski definition) is 8. The second-order valence-corrected chi connectivity index (χ2v) is 12.6. The highest BCUT2D eigenvalue weighted by molar-refractivity contribution is 5.97. The van der Waals surface area contributed by atoms with Gasteiger partial charge in [-0.05, 0) is 86.5 Å². The zero-order valence-electron chi connectivity index (χ0n) is 27.5.